The van der Waals surface area contributed by atoms with Crippen molar-refractivity contribution < 1.29 is 13.6 Å². The maximum Gasteiger partial charge on any atom is 0.270 e. The van der Waals surface area contributed by atoms with E-state index in [9.17, 15) is 4.79 Å². The van der Waals surface area contributed by atoms with Crippen molar-refractivity contribution in [2.75, 3.05) is 0 Å². The molecule has 0 bridgehead atoms. The maximum atomic E-state index is 12.5. The number of hydrogen-bond acceptors (Lipinski definition) is 5. The molecule has 0 fully saturated rings. The average molecular weight is 350 g/mol. The highest BCUT2D eigenvalue weighted by atomic mass is 16.3. The number of nitrogens with one attached hydrogen (secondary N) is 1. The van der Waals surface area contributed by atoms with Gasteiger partial charge in [0.25, 0.3) is 5.91 Å². The lowest BCUT2D eigenvalue weighted by Gasteiger charge is -2.06. The molecule has 0 unspecified atom stereocenters. The molecule has 1 amide bonds. The van der Waals surface area contributed by atoms with E-state index in [2.05, 4.69) is 15.4 Å². The number of rotatable bonds is 5. The molecule has 0 radical (unpaired) electrons. The third-order valence-electron chi connectivity index (χ3n) is 4.09. The second kappa shape index (κ2) is 6.51. The van der Waals surface area contributed by atoms with Gasteiger partial charge >= 0.3 is 0 Å². The summed E-state index contributed by atoms with van der Waals surface area (Å²) in [5.74, 6) is 1.93. The van der Waals surface area contributed by atoms with Crippen LogP contribution in [0.1, 0.15) is 34.6 Å². The first-order valence-corrected chi connectivity index (χ1v) is 8.41. The molecule has 4 aromatic rings. The van der Waals surface area contributed by atoms with Crippen LogP contribution in [-0.2, 0) is 13.0 Å². The van der Waals surface area contributed by atoms with E-state index in [0.717, 1.165) is 17.9 Å². The zero-order valence-electron chi connectivity index (χ0n) is 14.5. The van der Waals surface area contributed by atoms with Gasteiger partial charge in [0, 0.05) is 11.8 Å². The van der Waals surface area contributed by atoms with E-state index in [1.165, 1.54) is 0 Å². The van der Waals surface area contributed by atoms with Crippen LogP contribution in [0.4, 0.5) is 0 Å². The Balaban J connectivity index is 1.63. The van der Waals surface area contributed by atoms with Crippen LogP contribution in [-0.4, -0.2) is 20.5 Å². The summed E-state index contributed by atoms with van der Waals surface area (Å²) in [7, 11) is 0. The fourth-order valence-electron chi connectivity index (χ4n) is 2.79. The molecule has 4 rings (SSSR count). The Morgan fingerprint density at radius 1 is 1.27 bits per heavy atom. The van der Waals surface area contributed by atoms with Crippen molar-refractivity contribution >= 4 is 11.6 Å². The molecule has 0 aliphatic rings. The van der Waals surface area contributed by atoms with Gasteiger partial charge in [0.1, 0.15) is 22.9 Å². The molecule has 7 nitrogen and oxygen atoms in total. The smallest absolute Gasteiger partial charge is 0.270 e. The standard InChI is InChI=1S/C19H18N4O3/c1-3-13-9-16(19(24)20-11-14-7-6-12(2)26-14)21-18-10-15(22-23(13)18)17-5-4-8-25-17/h4-10H,3,11H2,1-2H3,(H,20,24). The van der Waals surface area contributed by atoms with Crippen molar-refractivity contribution in [3.63, 3.8) is 0 Å². The lowest BCUT2D eigenvalue weighted by atomic mass is 10.2. The Labute approximate surface area is 149 Å². The first-order valence-electron chi connectivity index (χ1n) is 8.41. The number of furan rings is 2. The highest BCUT2D eigenvalue weighted by molar-refractivity contribution is 5.92. The molecule has 7 heteroatoms. The summed E-state index contributed by atoms with van der Waals surface area (Å²) < 4.78 is 12.6. The lowest BCUT2D eigenvalue weighted by molar-refractivity contribution is 0.0943. The summed E-state index contributed by atoms with van der Waals surface area (Å²) >= 11 is 0. The zero-order valence-corrected chi connectivity index (χ0v) is 14.5. The van der Waals surface area contributed by atoms with Gasteiger partial charge in [0.05, 0.1) is 12.8 Å². The van der Waals surface area contributed by atoms with Crippen molar-refractivity contribution in [1.82, 2.24) is 19.9 Å². The molecule has 132 valence electrons. The van der Waals surface area contributed by atoms with Crippen molar-refractivity contribution in [2.45, 2.75) is 26.8 Å². The van der Waals surface area contributed by atoms with Gasteiger partial charge in [0.2, 0.25) is 0 Å². The molecular formula is C19H18N4O3. The van der Waals surface area contributed by atoms with E-state index < -0.39 is 0 Å². The first-order chi connectivity index (χ1) is 12.6. The van der Waals surface area contributed by atoms with E-state index in [4.69, 9.17) is 8.83 Å². The Morgan fingerprint density at radius 3 is 2.85 bits per heavy atom. The molecule has 26 heavy (non-hydrogen) atoms. The van der Waals surface area contributed by atoms with Crippen LogP contribution in [0.5, 0.6) is 0 Å². The monoisotopic (exact) mass is 350 g/mol. The maximum absolute atomic E-state index is 12.5. The molecule has 4 heterocycles. The van der Waals surface area contributed by atoms with E-state index in [1.807, 2.05) is 44.2 Å². The van der Waals surface area contributed by atoms with Crippen LogP contribution in [0, 0.1) is 6.92 Å². The average Bonchev–Trinajstić information content (AvgIpc) is 3.38. The molecule has 1 N–H and O–H groups in total. The van der Waals surface area contributed by atoms with Gasteiger partial charge in [-0.2, -0.15) is 5.10 Å². The summed E-state index contributed by atoms with van der Waals surface area (Å²) in [6.07, 6.45) is 2.32. The normalized spacial score (nSPS) is 11.2. The van der Waals surface area contributed by atoms with Crippen LogP contribution in [0.3, 0.4) is 0 Å². The minimum atomic E-state index is -0.253. The number of amides is 1. The van der Waals surface area contributed by atoms with Crippen molar-refractivity contribution in [2.24, 2.45) is 0 Å². The number of nitrogens with zero attached hydrogens (tertiary/aromatic N) is 3. The molecule has 0 atom stereocenters. The van der Waals surface area contributed by atoms with E-state index in [1.54, 1.807) is 16.8 Å². The van der Waals surface area contributed by atoms with Crippen molar-refractivity contribution in [3.05, 3.63) is 65.6 Å². The second-order valence-electron chi connectivity index (χ2n) is 5.96. The Bertz CT molecular complexity index is 1060. The van der Waals surface area contributed by atoms with Gasteiger partial charge in [-0.3, -0.25) is 4.79 Å². The van der Waals surface area contributed by atoms with Crippen molar-refractivity contribution in [1.29, 1.82) is 0 Å². The molecule has 0 saturated carbocycles. The van der Waals surface area contributed by atoms with E-state index in [-0.39, 0.29) is 5.91 Å². The predicted octanol–water partition coefficient (Wildman–Crippen LogP) is 3.38. The van der Waals surface area contributed by atoms with Gasteiger partial charge in [0.15, 0.2) is 11.4 Å². The topological polar surface area (TPSA) is 85.6 Å². The van der Waals surface area contributed by atoms with Crippen LogP contribution in [0.25, 0.3) is 17.1 Å². The van der Waals surface area contributed by atoms with Gasteiger partial charge in [-0.05, 0) is 43.7 Å². The van der Waals surface area contributed by atoms with Crippen LogP contribution in [0.15, 0.2) is 51.5 Å². The number of fused-ring (bicyclic) bond motifs is 1. The van der Waals surface area contributed by atoms with E-state index >= 15 is 0 Å². The summed E-state index contributed by atoms with van der Waals surface area (Å²) in [6, 6.07) is 10.9. The first kappa shape index (κ1) is 16.1. The lowest BCUT2D eigenvalue weighted by Crippen LogP contribution is -2.24. The molecule has 0 saturated heterocycles. The minimum Gasteiger partial charge on any atom is -0.465 e. The number of hydrogen-bond donors (Lipinski definition) is 1. The fourth-order valence-corrected chi connectivity index (χ4v) is 2.79. The summed E-state index contributed by atoms with van der Waals surface area (Å²) in [4.78, 5) is 17.0. The number of carbonyl (C=O) groups is 1. The summed E-state index contributed by atoms with van der Waals surface area (Å²) in [6.45, 7) is 4.19. The highest BCUT2D eigenvalue weighted by Crippen LogP contribution is 2.21. The largest absolute Gasteiger partial charge is 0.465 e. The molecule has 0 aliphatic carbocycles. The third kappa shape index (κ3) is 2.99. The SMILES string of the molecule is CCc1cc(C(=O)NCc2ccc(C)o2)nc2cc(-c3ccco3)nn12. The van der Waals surface area contributed by atoms with Crippen LogP contribution in [0.2, 0.25) is 0 Å². The Morgan fingerprint density at radius 2 is 2.15 bits per heavy atom. The minimum absolute atomic E-state index is 0.253. The van der Waals surface area contributed by atoms with Gasteiger partial charge < -0.3 is 14.2 Å². The van der Waals surface area contributed by atoms with Gasteiger partial charge in [-0.15, -0.1) is 0 Å². The Hall–Kier alpha value is -3.35. The number of aromatic nitrogens is 3. The molecule has 4 aromatic heterocycles. The highest BCUT2D eigenvalue weighted by Gasteiger charge is 2.15. The zero-order chi connectivity index (χ0) is 18.1. The summed E-state index contributed by atoms with van der Waals surface area (Å²) in [5.41, 5.74) is 2.53. The quantitative estimate of drug-likeness (QED) is 0.596. The molecule has 0 aromatic carbocycles. The number of carbonyl (C=O) groups excluding carboxylic acids is 1. The fraction of sp³-hybridized carbons (Fsp3) is 0.211. The molecular weight excluding hydrogens is 332 g/mol. The van der Waals surface area contributed by atoms with Crippen LogP contribution < -0.4 is 5.32 Å². The van der Waals surface area contributed by atoms with Crippen molar-refractivity contribution in [3.8, 4) is 11.5 Å². The predicted molar refractivity (Wildman–Crippen MR) is 94.7 cm³/mol. The summed E-state index contributed by atoms with van der Waals surface area (Å²) in [5, 5.41) is 7.37. The molecule has 0 spiro atoms. The third-order valence-corrected chi connectivity index (χ3v) is 4.09. The van der Waals surface area contributed by atoms with Crippen LogP contribution >= 0.6 is 0 Å². The van der Waals surface area contributed by atoms with E-state index in [0.29, 0.717) is 35.1 Å². The second-order valence-corrected chi connectivity index (χ2v) is 5.96. The number of aryl methyl sites for hydroxylation is 2. The van der Waals surface area contributed by atoms with Gasteiger partial charge in [-0.1, -0.05) is 6.92 Å². The molecule has 0 aliphatic heterocycles. The van der Waals surface area contributed by atoms with Gasteiger partial charge in [-0.25, -0.2) is 9.50 Å². The Kier molecular flexibility index (Phi) is 4.04.